The summed E-state index contributed by atoms with van der Waals surface area (Å²) in [6.07, 6.45) is 2.37. The molecule has 0 radical (unpaired) electrons. The number of hydrogen-bond acceptors (Lipinski definition) is 3. The highest BCUT2D eigenvalue weighted by Crippen LogP contribution is 2.28. The molecule has 110 valence electrons. The van der Waals surface area contributed by atoms with Gasteiger partial charge in [0, 0.05) is 11.1 Å². The number of nitrogens with one attached hydrogen (secondary N) is 1. The summed E-state index contributed by atoms with van der Waals surface area (Å²) < 4.78 is 6.11. The van der Waals surface area contributed by atoms with Gasteiger partial charge in [-0.3, -0.25) is 0 Å². The molecule has 3 heteroatoms. The molecule has 1 heterocycles. The Bertz CT molecular complexity index is 535. The minimum atomic E-state index is 0.318. The smallest absolute Gasteiger partial charge is 0.137 e. The highest BCUT2D eigenvalue weighted by molar-refractivity contribution is 7.99. The molecule has 1 aromatic heterocycles. The van der Waals surface area contributed by atoms with Gasteiger partial charge in [0.05, 0.1) is 6.04 Å². The highest BCUT2D eigenvalue weighted by atomic mass is 32.2. The molecule has 0 bridgehead atoms. The van der Waals surface area contributed by atoms with Gasteiger partial charge in [-0.25, -0.2) is 0 Å². The van der Waals surface area contributed by atoms with E-state index >= 15 is 0 Å². The van der Waals surface area contributed by atoms with Gasteiger partial charge in [-0.05, 0) is 43.7 Å². The summed E-state index contributed by atoms with van der Waals surface area (Å²) in [5.74, 6) is 3.36. The van der Waals surface area contributed by atoms with Gasteiger partial charge < -0.3 is 9.73 Å². The number of fused-ring (bicyclic) bond motifs is 1. The van der Waals surface area contributed by atoms with E-state index < -0.39 is 0 Å². The predicted molar refractivity (Wildman–Crippen MR) is 89.6 cm³/mol. The number of benzene rings is 1. The second-order valence-corrected chi connectivity index (χ2v) is 6.37. The van der Waals surface area contributed by atoms with Crippen LogP contribution in [0.2, 0.25) is 0 Å². The Hall–Kier alpha value is -0.930. The molecule has 1 aromatic carbocycles. The zero-order valence-corrected chi connectivity index (χ0v) is 13.6. The monoisotopic (exact) mass is 291 g/mol. The van der Waals surface area contributed by atoms with E-state index in [9.17, 15) is 0 Å². The lowest BCUT2D eigenvalue weighted by Crippen LogP contribution is -2.23. The van der Waals surface area contributed by atoms with Gasteiger partial charge in [0.25, 0.3) is 0 Å². The molecule has 0 aliphatic heterocycles. The van der Waals surface area contributed by atoms with Crippen LogP contribution in [0, 0.1) is 6.92 Å². The van der Waals surface area contributed by atoms with Crippen molar-refractivity contribution in [2.45, 2.75) is 39.7 Å². The maximum absolute atomic E-state index is 6.11. The SMILES string of the molecule is CCCNC(CSCCC)c1cc2cccc(C)c2o1. The van der Waals surface area contributed by atoms with Gasteiger partial charge in [0.1, 0.15) is 11.3 Å². The normalized spacial score (nSPS) is 12.9. The third kappa shape index (κ3) is 3.80. The average Bonchev–Trinajstić information content (AvgIpc) is 2.88. The topological polar surface area (TPSA) is 25.2 Å². The quantitative estimate of drug-likeness (QED) is 0.698. The maximum atomic E-state index is 6.11. The summed E-state index contributed by atoms with van der Waals surface area (Å²) in [4.78, 5) is 0. The molecule has 0 amide bonds. The van der Waals surface area contributed by atoms with Crippen LogP contribution < -0.4 is 5.32 Å². The molecule has 0 aliphatic rings. The summed E-state index contributed by atoms with van der Waals surface area (Å²) in [7, 11) is 0. The zero-order chi connectivity index (χ0) is 14.4. The highest BCUT2D eigenvalue weighted by Gasteiger charge is 2.16. The van der Waals surface area contributed by atoms with Crippen molar-refractivity contribution in [3.63, 3.8) is 0 Å². The molecule has 2 rings (SSSR count). The van der Waals surface area contributed by atoms with Gasteiger partial charge in [0.15, 0.2) is 0 Å². The van der Waals surface area contributed by atoms with Crippen LogP contribution in [0.5, 0.6) is 0 Å². The van der Waals surface area contributed by atoms with Crippen molar-refractivity contribution in [1.29, 1.82) is 0 Å². The van der Waals surface area contributed by atoms with E-state index in [1.807, 2.05) is 11.8 Å². The molecule has 2 aromatic rings. The Morgan fingerprint density at radius 3 is 2.80 bits per heavy atom. The van der Waals surface area contributed by atoms with Crippen molar-refractivity contribution >= 4 is 22.7 Å². The number of thioether (sulfide) groups is 1. The molecule has 2 nitrogen and oxygen atoms in total. The Morgan fingerprint density at radius 1 is 1.25 bits per heavy atom. The second-order valence-electron chi connectivity index (χ2n) is 5.22. The van der Waals surface area contributed by atoms with Crippen molar-refractivity contribution in [2.24, 2.45) is 0 Å². The number of para-hydroxylation sites is 1. The van der Waals surface area contributed by atoms with Crippen molar-refractivity contribution in [3.8, 4) is 0 Å². The summed E-state index contributed by atoms with van der Waals surface area (Å²) in [6, 6.07) is 8.85. The largest absolute Gasteiger partial charge is 0.459 e. The molecule has 0 fully saturated rings. The van der Waals surface area contributed by atoms with Crippen LogP contribution in [0.3, 0.4) is 0 Å². The van der Waals surface area contributed by atoms with E-state index in [1.165, 1.54) is 23.1 Å². The van der Waals surface area contributed by atoms with Gasteiger partial charge in [-0.1, -0.05) is 32.0 Å². The first-order valence-corrected chi connectivity index (χ1v) is 8.72. The Labute approximate surface area is 126 Å². The molecule has 0 aliphatic carbocycles. The van der Waals surface area contributed by atoms with Gasteiger partial charge >= 0.3 is 0 Å². The van der Waals surface area contributed by atoms with E-state index in [1.54, 1.807) is 0 Å². The summed E-state index contributed by atoms with van der Waals surface area (Å²) in [5, 5.41) is 4.82. The van der Waals surface area contributed by atoms with Crippen LogP contribution in [-0.4, -0.2) is 18.1 Å². The first kappa shape index (κ1) is 15.5. The van der Waals surface area contributed by atoms with Crippen molar-refractivity contribution < 1.29 is 4.42 Å². The predicted octanol–water partition coefficient (Wildman–Crippen LogP) is 4.93. The molecule has 1 atom stereocenters. The van der Waals surface area contributed by atoms with Gasteiger partial charge in [0.2, 0.25) is 0 Å². The number of hydrogen-bond donors (Lipinski definition) is 1. The van der Waals surface area contributed by atoms with E-state index in [0.717, 1.165) is 30.1 Å². The van der Waals surface area contributed by atoms with E-state index in [2.05, 4.69) is 50.4 Å². The summed E-state index contributed by atoms with van der Waals surface area (Å²) in [5.41, 5.74) is 2.25. The van der Waals surface area contributed by atoms with Crippen LogP contribution in [0.4, 0.5) is 0 Å². The van der Waals surface area contributed by atoms with Crippen LogP contribution in [0.1, 0.15) is 44.1 Å². The summed E-state index contributed by atoms with van der Waals surface area (Å²) in [6.45, 7) is 7.57. The van der Waals surface area contributed by atoms with Crippen molar-refractivity contribution in [2.75, 3.05) is 18.1 Å². The van der Waals surface area contributed by atoms with Gasteiger partial charge in [-0.2, -0.15) is 11.8 Å². The fourth-order valence-electron chi connectivity index (χ4n) is 2.31. The molecule has 1 N–H and O–H groups in total. The fraction of sp³-hybridized carbons (Fsp3) is 0.529. The van der Waals surface area contributed by atoms with E-state index in [-0.39, 0.29) is 0 Å². The molecule has 0 spiro atoms. The Kier molecular flexibility index (Phi) is 5.99. The molecular formula is C17H25NOS. The lowest BCUT2D eigenvalue weighted by molar-refractivity contribution is 0.455. The number of rotatable bonds is 8. The average molecular weight is 291 g/mol. The van der Waals surface area contributed by atoms with E-state index in [4.69, 9.17) is 4.42 Å². The lowest BCUT2D eigenvalue weighted by atomic mass is 10.1. The second kappa shape index (κ2) is 7.75. The number of aryl methyl sites for hydroxylation is 1. The first-order valence-electron chi connectivity index (χ1n) is 7.56. The van der Waals surface area contributed by atoms with Crippen LogP contribution in [0.15, 0.2) is 28.7 Å². The zero-order valence-electron chi connectivity index (χ0n) is 12.7. The minimum Gasteiger partial charge on any atom is -0.459 e. The fourth-order valence-corrected chi connectivity index (χ4v) is 3.28. The third-order valence-corrected chi connectivity index (χ3v) is 4.64. The first-order chi connectivity index (χ1) is 9.76. The van der Waals surface area contributed by atoms with Crippen LogP contribution in [-0.2, 0) is 0 Å². The Balaban J connectivity index is 2.18. The lowest BCUT2D eigenvalue weighted by Gasteiger charge is -2.15. The van der Waals surface area contributed by atoms with Crippen molar-refractivity contribution in [3.05, 3.63) is 35.6 Å². The molecule has 20 heavy (non-hydrogen) atoms. The maximum Gasteiger partial charge on any atom is 0.137 e. The molecule has 0 saturated heterocycles. The van der Waals surface area contributed by atoms with E-state index in [0.29, 0.717) is 6.04 Å². The standard InChI is InChI=1S/C17H25NOS/c1-4-9-18-15(12-20-10-5-2)16-11-14-8-6-7-13(3)17(14)19-16/h6-8,11,15,18H,4-5,9-10,12H2,1-3H3. The molecule has 1 unspecified atom stereocenters. The molecule has 0 saturated carbocycles. The Morgan fingerprint density at radius 2 is 2.10 bits per heavy atom. The number of furan rings is 1. The van der Waals surface area contributed by atoms with Crippen LogP contribution >= 0.6 is 11.8 Å². The van der Waals surface area contributed by atoms with Gasteiger partial charge in [-0.15, -0.1) is 0 Å². The van der Waals surface area contributed by atoms with Crippen molar-refractivity contribution in [1.82, 2.24) is 5.32 Å². The summed E-state index contributed by atoms with van der Waals surface area (Å²) >= 11 is 2.00. The van der Waals surface area contributed by atoms with Crippen LogP contribution in [0.25, 0.3) is 11.0 Å². The molecular weight excluding hydrogens is 266 g/mol. The minimum absolute atomic E-state index is 0.318. The third-order valence-electron chi connectivity index (χ3n) is 3.38.